The monoisotopic (exact) mass is 272 g/mol. The van der Waals surface area contributed by atoms with Crippen molar-refractivity contribution in [2.24, 2.45) is 0 Å². The van der Waals surface area contributed by atoms with Crippen LogP contribution < -0.4 is 0 Å². The van der Waals surface area contributed by atoms with Gasteiger partial charge in [-0.25, -0.2) is 4.98 Å². The first-order chi connectivity index (χ1) is 7.91. The topological polar surface area (TPSA) is 37.9 Å². The van der Waals surface area contributed by atoms with E-state index in [-0.39, 0.29) is 5.60 Å². The van der Waals surface area contributed by atoms with Gasteiger partial charge in [0.1, 0.15) is 5.82 Å². The number of fused-ring (bicyclic) bond motifs is 1. The van der Waals surface area contributed by atoms with Gasteiger partial charge in [-0.2, -0.15) is 0 Å². The standard InChI is InChI=1S/C12H14Cl2N2O/c1-12(2,17-3)6-11-15-9-4-7(13)8(14)5-10(9)16-11/h4-5H,6H2,1-3H3,(H,15,16). The van der Waals surface area contributed by atoms with Crippen LogP contribution in [0, 0.1) is 0 Å². The van der Waals surface area contributed by atoms with Crippen molar-refractivity contribution in [3.05, 3.63) is 28.0 Å². The number of benzene rings is 1. The highest BCUT2D eigenvalue weighted by atomic mass is 35.5. The molecular weight excluding hydrogens is 259 g/mol. The van der Waals surface area contributed by atoms with Crippen LogP contribution in [0.4, 0.5) is 0 Å². The number of nitrogens with zero attached hydrogens (tertiary/aromatic N) is 1. The summed E-state index contributed by atoms with van der Waals surface area (Å²) in [5.74, 6) is 0.866. The molecule has 5 heteroatoms. The lowest BCUT2D eigenvalue weighted by Gasteiger charge is -2.21. The summed E-state index contributed by atoms with van der Waals surface area (Å²) < 4.78 is 5.37. The minimum absolute atomic E-state index is 0.249. The number of nitrogens with one attached hydrogen (secondary N) is 1. The predicted octanol–water partition coefficient (Wildman–Crippen LogP) is 3.84. The van der Waals surface area contributed by atoms with Gasteiger partial charge in [-0.05, 0) is 26.0 Å². The molecule has 2 aromatic rings. The smallest absolute Gasteiger partial charge is 0.110 e. The first kappa shape index (κ1) is 12.7. The number of aromatic amines is 1. The first-order valence-electron chi connectivity index (χ1n) is 5.30. The quantitative estimate of drug-likeness (QED) is 0.922. The highest BCUT2D eigenvalue weighted by molar-refractivity contribution is 6.42. The van der Waals surface area contributed by atoms with Gasteiger partial charge in [-0.1, -0.05) is 23.2 Å². The van der Waals surface area contributed by atoms with Crippen LogP contribution in [-0.2, 0) is 11.2 Å². The number of imidazole rings is 1. The number of halogens is 2. The van der Waals surface area contributed by atoms with Gasteiger partial charge in [0.2, 0.25) is 0 Å². The molecule has 0 atom stereocenters. The molecule has 1 heterocycles. The lowest BCUT2D eigenvalue weighted by atomic mass is 10.1. The van der Waals surface area contributed by atoms with Gasteiger partial charge in [-0.15, -0.1) is 0 Å². The van der Waals surface area contributed by atoms with Crippen LogP contribution in [0.3, 0.4) is 0 Å². The third kappa shape index (κ3) is 2.73. The van der Waals surface area contributed by atoms with E-state index in [2.05, 4.69) is 9.97 Å². The molecule has 3 nitrogen and oxygen atoms in total. The zero-order valence-electron chi connectivity index (χ0n) is 9.97. The van der Waals surface area contributed by atoms with E-state index in [4.69, 9.17) is 27.9 Å². The van der Waals surface area contributed by atoms with Crippen molar-refractivity contribution in [1.29, 1.82) is 0 Å². The number of methoxy groups -OCH3 is 1. The van der Waals surface area contributed by atoms with E-state index in [1.54, 1.807) is 19.2 Å². The molecule has 1 aromatic heterocycles. The number of H-pyrrole nitrogens is 1. The zero-order chi connectivity index (χ0) is 12.6. The van der Waals surface area contributed by atoms with Gasteiger partial charge < -0.3 is 9.72 Å². The van der Waals surface area contributed by atoms with Crippen molar-refractivity contribution in [2.75, 3.05) is 7.11 Å². The first-order valence-corrected chi connectivity index (χ1v) is 6.06. The van der Waals surface area contributed by atoms with Crippen LogP contribution in [0.25, 0.3) is 11.0 Å². The largest absolute Gasteiger partial charge is 0.378 e. The molecule has 0 unspecified atom stereocenters. The molecule has 0 radical (unpaired) electrons. The van der Waals surface area contributed by atoms with Crippen LogP contribution in [-0.4, -0.2) is 22.7 Å². The fraction of sp³-hybridized carbons (Fsp3) is 0.417. The molecule has 0 aliphatic heterocycles. The second kappa shape index (κ2) is 4.48. The Bertz CT molecular complexity index is 510. The van der Waals surface area contributed by atoms with Gasteiger partial charge in [-0.3, -0.25) is 0 Å². The van der Waals surface area contributed by atoms with Gasteiger partial charge in [0, 0.05) is 13.5 Å². The number of ether oxygens (including phenoxy) is 1. The van der Waals surface area contributed by atoms with E-state index >= 15 is 0 Å². The Kier molecular flexibility index (Phi) is 3.34. The van der Waals surface area contributed by atoms with E-state index in [1.807, 2.05) is 13.8 Å². The Morgan fingerprint density at radius 1 is 1.29 bits per heavy atom. The summed E-state index contributed by atoms with van der Waals surface area (Å²) in [5.41, 5.74) is 1.46. The van der Waals surface area contributed by atoms with Crippen LogP contribution in [0.5, 0.6) is 0 Å². The number of hydrogen-bond acceptors (Lipinski definition) is 2. The molecule has 0 spiro atoms. The maximum atomic E-state index is 5.95. The van der Waals surface area contributed by atoms with Gasteiger partial charge >= 0.3 is 0 Å². The average Bonchev–Trinajstić information content (AvgIpc) is 2.59. The Balaban J connectivity index is 2.38. The summed E-state index contributed by atoms with van der Waals surface area (Å²) in [6.45, 7) is 4.03. The molecule has 0 bridgehead atoms. The highest BCUT2D eigenvalue weighted by Gasteiger charge is 2.19. The summed E-state index contributed by atoms with van der Waals surface area (Å²) in [5, 5.41) is 1.04. The Morgan fingerprint density at radius 2 is 1.94 bits per heavy atom. The fourth-order valence-corrected chi connectivity index (χ4v) is 1.94. The second-order valence-electron chi connectivity index (χ2n) is 4.61. The zero-order valence-corrected chi connectivity index (χ0v) is 11.5. The van der Waals surface area contributed by atoms with Gasteiger partial charge in [0.05, 0.1) is 26.7 Å². The molecule has 2 rings (SSSR count). The maximum absolute atomic E-state index is 5.95. The average molecular weight is 273 g/mol. The lowest BCUT2D eigenvalue weighted by Crippen LogP contribution is -2.26. The summed E-state index contributed by atoms with van der Waals surface area (Å²) in [6.07, 6.45) is 0.702. The van der Waals surface area contributed by atoms with E-state index in [0.717, 1.165) is 16.9 Å². The van der Waals surface area contributed by atoms with Gasteiger partial charge in [0.25, 0.3) is 0 Å². The molecule has 0 aliphatic carbocycles. The molecule has 0 fully saturated rings. The summed E-state index contributed by atoms with van der Waals surface area (Å²) in [7, 11) is 1.69. The molecule has 92 valence electrons. The maximum Gasteiger partial charge on any atom is 0.110 e. The Morgan fingerprint density at radius 3 is 2.59 bits per heavy atom. The van der Waals surface area contributed by atoms with Crippen molar-refractivity contribution in [3.63, 3.8) is 0 Å². The van der Waals surface area contributed by atoms with E-state index in [1.165, 1.54) is 0 Å². The fourth-order valence-electron chi connectivity index (χ4n) is 1.62. The van der Waals surface area contributed by atoms with Crippen molar-refractivity contribution in [3.8, 4) is 0 Å². The minimum Gasteiger partial charge on any atom is -0.378 e. The van der Waals surface area contributed by atoms with Crippen molar-refractivity contribution < 1.29 is 4.74 Å². The Hall–Kier alpha value is -0.770. The number of hydrogen-bond donors (Lipinski definition) is 1. The third-order valence-electron chi connectivity index (χ3n) is 2.72. The number of aromatic nitrogens is 2. The van der Waals surface area contributed by atoms with E-state index in [0.29, 0.717) is 16.5 Å². The summed E-state index contributed by atoms with van der Waals surface area (Å²) >= 11 is 11.9. The molecule has 0 saturated heterocycles. The molecular formula is C12H14Cl2N2O. The predicted molar refractivity (Wildman–Crippen MR) is 70.9 cm³/mol. The normalized spacial score (nSPS) is 12.3. The highest BCUT2D eigenvalue weighted by Crippen LogP contribution is 2.27. The van der Waals surface area contributed by atoms with E-state index in [9.17, 15) is 0 Å². The van der Waals surface area contributed by atoms with Crippen LogP contribution in [0.1, 0.15) is 19.7 Å². The molecule has 1 aromatic carbocycles. The number of rotatable bonds is 3. The molecule has 0 saturated carbocycles. The minimum atomic E-state index is -0.249. The van der Waals surface area contributed by atoms with Crippen molar-refractivity contribution in [2.45, 2.75) is 25.9 Å². The molecule has 0 aliphatic rings. The van der Waals surface area contributed by atoms with Crippen LogP contribution in [0.2, 0.25) is 10.0 Å². The van der Waals surface area contributed by atoms with Crippen LogP contribution >= 0.6 is 23.2 Å². The lowest BCUT2D eigenvalue weighted by molar-refractivity contribution is 0.0218. The van der Waals surface area contributed by atoms with E-state index < -0.39 is 0 Å². The Labute approximate surface area is 110 Å². The molecule has 17 heavy (non-hydrogen) atoms. The van der Waals surface area contributed by atoms with Gasteiger partial charge in [0.15, 0.2) is 0 Å². The van der Waals surface area contributed by atoms with Crippen LogP contribution in [0.15, 0.2) is 12.1 Å². The summed E-state index contributed by atoms with van der Waals surface area (Å²) in [4.78, 5) is 7.69. The third-order valence-corrected chi connectivity index (χ3v) is 3.44. The van der Waals surface area contributed by atoms with Crippen molar-refractivity contribution in [1.82, 2.24) is 9.97 Å². The molecule has 0 amide bonds. The SMILES string of the molecule is COC(C)(C)Cc1nc2cc(Cl)c(Cl)cc2[nH]1. The summed E-state index contributed by atoms with van der Waals surface area (Å²) in [6, 6.07) is 3.55. The van der Waals surface area contributed by atoms with Crippen molar-refractivity contribution >= 4 is 34.2 Å². The second-order valence-corrected chi connectivity index (χ2v) is 5.42. The molecule has 1 N–H and O–H groups in total.